The van der Waals surface area contributed by atoms with Crippen LogP contribution in [0.4, 0.5) is 0 Å². The third-order valence-electron chi connectivity index (χ3n) is 8.24. The van der Waals surface area contributed by atoms with E-state index in [1.807, 2.05) is 18.2 Å². The van der Waals surface area contributed by atoms with Gasteiger partial charge < -0.3 is 25.0 Å². The highest BCUT2D eigenvalue weighted by atomic mass is 16.7. The summed E-state index contributed by atoms with van der Waals surface area (Å²) in [4.78, 5) is 18.6. The minimum atomic E-state index is -0.0830. The zero-order valence-corrected chi connectivity index (χ0v) is 23.5. The molecule has 7 nitrogen and oxygen atoms in total. The first kappa shape index (κ1) is 27.7. The fourth-order valence-corrected chi connectivity index (χ4v) is 6.20. The van der Waals surface area contributed by atoms with Crippen LogP contribution in [0.2, 0.25) is 0 Å². The monoisotopic (exact) mass is 532 g/mol. The molecule has 5 rings (SSSR count). The van der Waals surface area contributed by atoms with Gasteiger partial charge in [-0.3, -0.25) is 9.69 Å². The molecule has 3 aliphatic rings. The number of carbonyl (C=O) groups excluding carboxylic acids is 1. The summed E-state index contributed by atoms with van der Waals surface area (Å²) in [5.41, 5.74) is 3.67. The molecule has 2 N–H and O–H groups in total. The zero-order chi connectivity index (χ0) is 27.0. The lowest BCUT2D eigenvalue weighted by atomic mass is 10.0. The first-order chi connectivity index (χ1) is 19.1. The van der Waals surface area contributed by atoms with Crippen molar-refractivity contribution in [1.29, 1.82) is 0 Å². The highest BCUT2D eigenvalue weighted by molar-refractivity contribution is 5.82. The smallest absolute Gasteiger partial charge is 0.237 e. The number of piperidine rings is 1. The number of ether oxygens (including phenoxy) is 2. The van der Waals surface area contributed by atoms with Crippen molar-refractivity contribution in [3.8, 4) is 11.5 Å². The normalized spacial score (nSPS) is 22.4. The molecule has 0 bridgehead atoms. The molecule has 0 radical (unpaired) electrons. The molecule has 0 unspecified atom stereocenters. The predicted molar refractivity (Wildman–Crippen MR) is 156 cm³/mol. The van der Waals surface area contributed by atoms with E-state index in [1.54, 1.807) is 0 Å². The minimum absolute atomic E-state index is 0.0830. The maximum absolute atomic E-state index is 13.5. The lowest BCUT2D eigenvalue weighted by Gasteiger charge is -2.39. The zero-order valence-electron chi connectivity index (χ0n) is 23.5. The second kappa shape index (κ2) is 13.5. The maximum Gasteiger partial charge on any atom is 0.237 e. The van der Waals surface area contributed by atoms with E-state index < -0.39 is 0 Å². The van der Waals surface area contributed by atoms with E-state index >= 15 is 0 Å². The number of fused-ring (bicyclic) bond motifs is 1. The number of rotatable bonds is 11. The molecule has 0 aromatic heterocycles. The highest BCUT2D eigenvalue weighted by Crippen LogP contribution is 2.32. The Morgan fingerprint density at radius 2 is 1.87 bits per heavy atom. The summed E-state index contributed by atoms with van der Waals surface area (Å²) in [6.45, 7) is 10.5. The Hall–Kier alpha value is -2.87. The summed E-state index contributed by atoms with van der Waals surface area (Å²) in [7, 11) is 0. The quantitative estimate of drug-likeness (QED) is 0.455. The lowest BCUT2D eigenvalue weighted by Crippen LogP contribution is -2.51. The molecule has 2 fully saturated rings. The fraction of sp³-hybridized carbons (Fsp3) is 0.531. The molecule has 1 amide bonds. The Morgan fingerprint density at radius 1 is 1.08 bits per heavy atom. The lowest BCUT2D eigenvalue weighted by molar-refractivity contribution is -0.126. The van der Waals surface area contributed by atoms with Gasteiger partial charge in [0.05, 0.1) is 6.04 Å². The topological polar surface area (TPSA) is 66.1 Å². The van der Waals surface area contributed by atoms with E-state index in [1.165, 1.54) is 24.1 Å². The Kier molecular flexibility index (Phi) is 9.56. The van der Waals surface area contributed by atoms with E-state index in [9.17, 15) is 4.79 Å². The van der Waals surface area contributed by atoms with Crippen LogP contribution < -0.4 is 20.1 Å². The molecule has 3 aliphatic heterocycles. The van der Waals surface area contributed by atoms with E-state index in [2.05, 4.69) is 70.7 Å². The molecule has 2 saturated heterocycles. The van der Waals surface area contributed by atoms with E-state index in [-0.39, 0.29) is 18.7 Å². The van der Waals surface area contributed by atoms with Crippen molar-refractivity contribution in [2.75, 3.05) is 46.1 Å². The Bertz CT molecular complexity index is 1110. The van der Waals surface area contributed by atoms with Crippen LogP contribution in [-0.4, -0.2) is 79.9 Å². The van der Waals surface area contributed by atoms with Gasteiger partial charge in [-0.05, 0) is 81.9 Å². The maximum atomic E-state index is 13.5. The second-order valence-corrected chi connectivity index (χ2v) is 11.2. The molecule has 39 heavy (non-hydrogen) atoms. The van der Waals surface area contributed by atoms with E-state index in [4.69, 9.17) is 9.47 Å². The average Bonchev–Trinajstić information content (AvgIpc) is 3.60. The summed E-state index contributed by atoms with van der Waals surface area (Å²) < 4.78 is 10.9. The van der Waals surface area contributed by atoms with Crippen molar-refractivity contribution >= 4 is 12.0 Å². The molecule has 0 spiro atoms. The number of benzene rings is 2. The first-order valence-corrected chi connectivity index (χ1v) is 14.7. The van der Waals surface area contributed by atoms with Crippen LogP contribution in [0.5, 0.6) is 11.5 Å². The molecule has 7 heteroatoms. The molecular formula is C32H44N4O3. The van der Waals surface area contributed by atoms with Gasteiger partial charge in [-0.2, -0.15) is 0 Å². The molecule has 0 saturated carbocycles. The summed E-state index contributed by atoms with van der Waals surface area (Å²) in [5.74, 6) is 1.75. The van der Waals surface area contributed by atoms with Gasteiger partial charge >= 0.3 is 0 Å². The van der Waals surface area contributed by atoms with Gasteiger partial charge in [-0.25, -0.2) is 0 Å². The van der Waals surface area contributed by atoms with Crippen molar-refractivity contribution in [3.05, 3.63) is 65.2 Å². The van der Waals surface area contributed by atoms with Crippen LogP contribution in [0.3, 0.4) is 0 Å². The Labute approximate surface area is 233 Å². The van der Waals surface area contributed by atoms with Gasteiger partial charge in [0.1, 0.15) is 0 Å². The summed E-state index contributed by atoms with van der Waals surface area (Å²) in [6, 6.07) is 17.2. The van der Waals surface area contributed by atoms with Crippen LogP contribution in [0.1, 0.15) is 50.7 Å². The summed E-state index contributed by atoms with van der Waals surface area (Å²) in [6.07, 6.45) is 7.34. The minimum Gasteiger partial charge on any atom is -0.454 e. The van der Waals surface area contributed by atoms with Crippen LogP contribution in [0.15, 0.2) is 54.1 Å². The largest absolute Gasteiger partial charge is 0.454 e. The number of nitrogens with zero attached hydrogens (tertiary/aromatic N) is 2. The number of likely N-dealkylation sites (tertiary alicyclic amines) is 2. The van der Waals surface area contributed by atoms with Crippen molar-refractivity contribution in [1.82, 2.24) is 20.4 Å². The van der Waals surface area contributed by atoms with Gasteiger partial charge in [-0.15, -0.1) is 0 Å². The summed E-state index contributed by atoms with van der Waals surface area (Å²) >= 11 is 0. The molecule has 210 valence electrons. The van der Waals surface area contributed by atoms with Crippen LogP contribution in [0, 0.1) is 0 Å². The molecular weight excluding hydrogens is 488 g/mol. The van der Waals surface area contributed by atoms with Crippen LogP contribution in [0.25, 0.3) is 6.08 Å². The fourth-order valence-electron chi connectivity index (χ4n) is 6.20. The van der Waals surface area contributed by atoms with E-state index in [0.717, 1.165) is 68.9 Å². The molecule has 2 aromatic rings. The van der Waals surface area contributed by atoms with Gasteiger partial charge in [0.2, 0.25) is 12.7 Å². The van der Waals surface area contributed by atoms with Crippen molar-refractivity contribution in [2.24, 2.45) is 0 Å². The average molecular weight is 533 g/mol. The Morgan fingerprint density at radius 3 is 2.67 bits per heavy atom. The van der Waals surface area contributed by atoms with E-state index in [0.29, 0.717) is 18.6 Å². The second-order valence-electron chi connectivity index (χ2n) is 11.2. The van der Waals surface area contributed by atoms with Crippen LogP contribution >= 0.6 is 0 Å². The standard InChI is InChI=1S/C32H44N4O3/c1-3-15-35-16-12-28(13-17-35)36-22-27(34-21-24(2)18-25-7-5-4-6-8-25)20-29(36)32(37)33-14-11-26-9-10-30-31(19-26)39-23-38-30/h4-10,18-19,27-29,34H,3,11-17,20-23H2,1-2H3,(H,33,37)/t27-,29-/m0/s1. The van der Waals surface area contributed by atoms with Gasteiger partial charge in [-0.1, -0.05) is 55.0 Å². The third-order valence-corrected chi connectivity index (χ3v) is 8.24. The third kappa shape index (κ3) is 7.41. The van der Waals surface area contributed by atoms with Crippen molar-refractivity contribution in [3.63, 3.8) is 0 Å². The number of amides is 1. The van der Waals surface area contributed by atoms with Gasteiger partial charge in [0.25, 0.3) is 0 Å². The molecule has 2 aromatic carbocycles. The molecule has 3 heterocycles. The van der Waals surface area contributed by atoms with Gasteiger partial charge in [0.15, 0.2) is 11.5 Å². The number of hydrogen-bond acceptors (Lipinski definition) is 6. The summed E-state index contributed by atoms with van der Waals surface area (Å²) in [5, 5.41) is 7.02. The number of nitrogens with one attached hydrogen (secondary N) is 2. The predicted octanol–water partition coefficient (Wildman–Crippen LogP) is 4.08. The number of carbonyl (C=O) groups is 1. The van der Waals surface area contributed by atoms with Gasteiger partial charge in [0, 0.05) is 31.7 Å². The van der Waals surface area contributed by atoms with Crippen LogP contribution in [-0.2, 0) is 11.2 Å². The first-order valence-electron chi connectivity index (χ1n) is 14.7. The Balaban J connectivity index is 1.18. The molecule has 2 atom stereocenters. The highest BCUT2D eigenvalue weighted by Gasteiger charge is 2.40. The van der Waals surface area contributed by atoms with Crippen molar-refractivity contribution < 1.29 is 14.3 Å². The van der Waals surface area contributed by atoms with Crippen molar-refractivity contribution in [2.45, 2.75) is 64.1 Å². The molecule has 0 aliphatic carbocycles. The SMILES string of the molecule is CCCN1CCC(N2C[C@@H](NCC(C)=Cc3ccccc3)C[C@H]2C(=O)NCCc2ccc3c(c2)OCO3)CC1. The number of hydrogen-bond donors (Lipinski definition) is 2.